The fourth-order valence-corrected chi connectivity index (χ4v) is 2.89. The fraction of sp³-hybridized carbons (Fsp3) is 0.158. The summed E-state index contributed by atoms with van der Waals surface area (Å²) in [5, 5.41) is 3.27. The van der Waals surface area contributed by atoms with Gasteiger partial charge in [-0.05, 0) is 30.3 Å². The summed E-state index contributed by atoms with van der Waals surface area (Å²) in [6.45, 7) is -0.230. The highest BCUT2D eigenvalue weighted by Crippen LogP contribution is 2.28. The van der Waals surface area contributed by atoms with Gasteiger partial charge in [-0.3, -0.25) is 9.78 Å². The number of nitrogens with one attached hydrogen (secondary N) is 1. The second kappa shape index (κ2) is 9.65. The molecule has 0 saturated carbocycles. The maximum absolute atomic E-state index is 12.9. The van der Waals surface area contributed by atoms with Gasteiger partial charge in [-0.2, -0.15) is 0 Å². The molecule has 0 bridgehead atoms. The molecule has 0 aliphatic heterocycles. The molecule has 28 heavy (non-hydrogen) atoms. The van der Waals surface area contributed by atoms with E-state index in [1.54, 1.807) is 24.5 Å². The van der Waals surface area contributed by atoms with Gasteiger partial charge in [0, 0.05) is 29.9 Å². The summed E-state index contributed by atoms with van der Waals surface area (Å²) in [5.74, 6) is 0.600. The second-order valence-electron chi connectivity index (χ2n) is 5.49. The molecule has 7 nitrogen and oxygen atoms in total. The van der Waals surface area contributed by atoms with Crippen molar-refractivity contribution in [3.05, 3.63) is 66.5 Å². The van der Waals surface area contributed by atoms with E-state index in [9.17, 15) is 9.18 Å². The summed E-state index contributed by atoms with van der Waals surface area (Å²) in [4.78, 5) is 24.7. The number of thioether (sulfide) groups is 1. The van der Waals surface area contributed by atoms with Gasteiger partial charge >= 0.3 is 0 Å². The number of hydrogen-bond donors (Lipinski definition) is 1. The number of carbonyl (C=O) groups excluding carboxylic acids is 1. The van der Waals surface area contributed by atoms with Crippen LogP contribution in [0.4, 0.5) is 10.1 Å². The monoisotopic (exact) mass is 400 g/mol. The first-order valence-electron chi connectivity index (χ1n) is 8.25. The summed E-state index contributed by atoms with van der Waals surface area (Å²) in [5.41, 5.74) is 1.21. The number of amides is 1. The molecule has 0 saturated heterocycles. The lowest BCUT2D eigenvalue weighted by atomic mass is 10.3. The largest absolute Gasteiger partial charge is 0.491 e. The summed E-state index contributed by atoms with van der Waals surface area (Å²) < 4.78 is 23.7. The van der Waals surface area contributed by atoms with E-state index < -0.39 is 0 Å². The van der Waals surface area contributed by atoms with Crippen molar-refractivity contribution < 1.29 is 18.7 Å². The van der Waals surface area contributed by atoms with Gasteiger partial charge < -0.3 is 14.8 Å². The van der Waals surface area contributed by atoms with Gasteiger partial charge in [0.05, 0.1) is 19.0 Å². The van der Waals surface area contributed by atoms with E-state index in [1.165, 1.54) is 49.3 Å². The highest BCUT2D eigenvalue weighted by molar-refractivity contribution is 7.98. The number of ether oxygens (including phenoxy) is 2. The molecule has 1 aromatic carbocycles. The predicted molar refractivity (Wildman–Crippen MR) is 103 cm³/mol. The number of rotatable bonds is 8. The van der Waals surface area contributed by atoms with Gasteiger partial charge in [-0.1, -0.05) is 11.8 Å². The van der Waals surface area contributed by atoms with Crippen LogP contribution in [0.5, 0.6) is 11.5 Å². The Kier molecular flexibility index (Phi) is 6.74. The Balaban J connectivity index is 1.59. The van der Waals surface area contributed by atoms with Crippen molar-refractivity contribution in [2.24, 2.45) is 0 Å². The number of halogens is 1. The van der Waals surface area contributed by atoms with Gasteiger partial charge in [0.25, 0.3) is 5.91 Å². The van der Waals surface area contributed by atoms with Crippen LogP contribution in [-0.4, -0.2) is 34.6 Å². The Labute approximate surface area is 165 Å². The van der Waals surface area contributed by atoms with Crippen LogP contribution in [0, 0.1) is 5.82 Å². The lowest BCUT2D eigenvalue weighted by Gasteiger charge is -2.12. The SMILES string of the molecule is COc1cnc(CSc2ncccn2)cc1OCC(=O)Nc1ccc(F)cc1. The van der Waals surface area contributed by atoms with Crippen molar-refractivity contribution in [1.82, 2.24) is 15.0 Å². The quantitative estimate of drug-likeness (QED) is 0.458. The van der Waals surface area contributed by atoms with Crippen molar-refractivity contribution in [3.8, 4) is 11.5 Å². The predicted octanol–water partition coefficient (Wildman–Crippen LogP) is 3.33. The molecule has 0 radical (unpaired) electrons. The summed E-state index contributed by atoms with van der Waals surface area (Å²) in [7, 11) is 1.49. The third-order valence-corrected chi connectivity index (χ3v) is 4.40. The van der Waals surface area contributed by atoms with Crippen LogP contribution in [0.15, 0.2) is 60.1 Å². The van der Waals surface area contributed by atoms with E-state index in [0.29, 0.717) is 28.1 Å². The molecule has 3 aromatic rings. The maximum atomic E-state index is 12.9. The third kappa shape index (κ3) is 5.65. The normalized spacial score (nSPS) is 10.4. The molecule has 1 amide bonds. The van der Waals surface area contributed by atoms with Gasteiger partial charge in [-0.25, -0.2) is 14.4 Å². The summed E-state index contributed by atoms with van der Waals surface area (Å²) in [6, 6.07) is 8.94. The van der Waals surface area contributed by atoms with Gasteiger partial charge in [0.1, 0.15) is 5.82 Å². The molecule has 144 valence electrons. The van der Waals surface area contributed by atoms with E-state index in [-0.39, 0.29) is 18.3 Å². The van der Waals surface area contributed by atoms with E-state index in [1.807, 2.05) is 0 Å². The Morgan fingerprint density at radius 2 is 1.89 bits per heavy atom. The molecule has 0 atom stereocenters. The lowest BCUT2D eigenvalue weighted by Crippen LogP contribution is -2.20. The van der Waals surface area contributed by atoms with Crippen LogP contribution >= 0.6 is 11.8 Å². The third-order valence-electron chi connectivity index (χ3n) is 3.49. The highest BCUT2D eigenvalue weighted by atomic mass is 32.2. The molecule has 0 aliphatic rings. The summed E-state index contributed by atoms with van der Waals surface area (Å²) in [6.07, 6.45) is 4.88. The average Bonchev–Trinajstić information content (AvgIpc) is 2.73. The van der Waals surface area contributed by atoms with Crippen LogP contribution in [-0.2, 0) is 10.5 Å². The molecule has 1 N–H and O–H groups in total. The highest BCUT2D eigenvalue weighted by Gasteiger charge is 2.11. The van der Waals surface area contributed by atoms with Crippen molar-refractivity contribution in [2.75, 3.05) is 19.0 Å². The molecule has 0 spiro atoms. The molecule has 0 aliphatic carbocycles. The standard InChI is InChI=1S/C19H17FN4O3S/c1-26-17-10-23-15(12-28-19-21-7-2-8-22-19)9-16(17)27-11-18(25)24-14-5-3-13(20)4-6-14/h2-10H,11-12H2,1H3,(H,24,25). The van der Waals surface area contributed by atoms with Crippen molar-refractivity contribution in [2.45, 2.75) is 10.9 Å². The number of carbonyl (C=O) groups is 1. The number of benzene rings is 1. The molecular formula is C19H17FN4O3S. The van der Waals surface area contributed by atoms with E-state index in [2.05, 4.69) is 20.3 Å². The van der Waals surface area contributed by atoms with Gasteiger partial charge in [0.2, 0.25) is 0 Å². The average molecular weight is 400 g/mol. The smallest absolute Gasteiger partial charge is 0.262 e. The molecule has 3 rings (SSSR count). The van der Waals surface area contributed by atoms with Crippen LogP contribution < -0.4 is 14.8 Å². The molecule has 0 unspecified atom stereocenters. The number of methoxy groups -OCH3 is 1. The Morgan fingerprint density at radius 1 is 1.14 bits per heavy atom. The lowest BCUT2D eigenvalue weighted by molar-refractivity contribution is -0.118. The first-order valence-corrected chi connectivity index (χ1v) is 9.23. The summed E-state index contributed by atoms with van der Waals surface area (Å²) >= 11 is 1.43. The van der Waals surface area contributed by atoms with Crippen LogP contribution in [0.25, 0.3) is 0 Å². The van der Waals surface area contributed by atoms with Gasteiger partial charge in [-0.15, -0.1) is 0 Å². The van der Waals surface area contributed by atoms with Crippen LogP contribution in [0.2, 0.25) is 0 Å². The molecule has 0 fully saturated rings. The molecule has 2 heterocycles. The Bertz CT molecular complexity index is 926. The molecule has 9 heteroatoms. The minimum Gasteiger partial charge on any atom is -0.491 e. The van der Waals surface area contributed by atoms with Crippen LogP contribution in [0.1, 0.15) is 5.69 Å². The first kappa shape index (κ1) is 19.6. The molecular weight excluding hydrogens is 383 g/mol. The van der Waals surface area contributed by atoms with Crippen molar-refractivity contribution >= 4 is 23.4 Å². The number of hydrogen-bond acceptors (Lipinski definition) is 7. The molecule has 2 aromatic heterocycles. The zero-order valence-corrected chi connectivity index (χ0v) is 15.8. The minimum atomic E-state index is -0.376. The Morgan fingerprint density at radius 3 is 2.61 bits per heavy atom. The minimum absolute atomic E-state index is 0.230. The zero-order chi connectivity index (χ0) is 19.8. The Hall–Kier alpha value is -3.20. The maximum Gasteiger partial charge on any atom is 0.262 e. The van der Waals surface area contributed by atoms with Crippen molar-refractivity contribution in [3.63, 3.8) is 0 Å². The number of nitrogens with zero attached hydrogens (tertiary/aromatic N) is 3. The second-order valence-corrected chi connectivity index (χ2v) is 6.43. The number of pyridine rings is 1. The first-order chi connectivity index (χ1) is 13.6. The van der Waals surface area contributed by atoms with Crippen molar-refractivity contribution in [1.29, 1.82) is 0 Å². The van der Waals surface area contributed by atoms with Crippen LogP contribution in [0.3, 0.4) is 0 Å². The van der Waals surface area contributed by atoms with Gasteiger partial charge in [0.15, 0.2) is 23.3 Å². The fourth-order valence-electron chi connectivity index (χ4n) is 2.18. The van der Waals surface area contributed by atoms with E-state index in [0.717, 1.165) is 5.69 Å². The van der Waals surface area contributed by atoms with E-state index in [4.69, 9.17) is 9.47 Å². The van der Waals surface area contributed by atoms with E-state index >= 15 is 0 Å². The number of anilines is 1. The topological polar surface area (TPSA) is 86.2 Å². The zero-order valence-electron chi connectivity index (χ0n) is 15.0. The number of aromatic nitrogens is 3.